The van der Waals surface area contributed by atoms with E-state index in [4.69, 9.17) is 0 Å². The summed E-state index contributed by atoms with van der Waals surface area (Å²) in [4.78, 5) is 0. The van der Waals surface area contributed by atoms with Crippen molar-refractivity contribution in [2.45, 2.75) is 45.2 Å². The van der Waals surface area contributed by atoms with Gasteiger partial charge >= 0.3 is 0 Å². The monoisotopic (exact) mass is 267 g/mol. The SMILES string of the molecule is CCCCC(NC(C)c1ccccc1)c1ccccc1. The Balaban J connectivity index is 2.08. The van der Waals surface area contributed by atoms with Crippen LogP contribution < -0.4 is 5.32 Å². The molecule has 2 unspecified atom stereocenters. The zero-order valence-electron chi connectivity index (χ0n) is 12.5. The minimum Gasteiger partial charge on any atom is -0.303 e. The van der Waals surface area contributed by atoms with E-state index in [0.29, 0.717) is 12.1 Å². The molecule has 20 heavy (non-hydrogen) atoms. The quantitative estimate of drug-likeness (QED) is 0.720. The molecule has 0 saturated heterocycles. The first-order valence-corrected chi connectivity index (χ1v) is 7.67. The third-order valence-electron chi connectivity index (χ3n) is 3.80. The molecule has 0 saturated carbocycles. The molecule has 0 radical (unpaired) electrons. The first kappa shape index (κ1) is 14.8. The Hall–Kier alpha value is -1.60. The van der Waals surface area contributed by atoms with Gasteiger partial charge in [0.2, 0.25) is 0 Å². The van der Waals surface area contributed by atoms with Crippen molar-refractivity contribution in [1.82, 2.24) is 5.32 Å². The van der Waals surface area contributed by atoms with Crippen LogP contribution in [-0.2, 0) is 0 Å². The summed E-state index contributed by atoms with van der Waals surface area (Å²) in [5.41, 5.74) is 2.74. The van der Waals surface area contributed by atoms with Crippen molar-refractivity contribution in [3.05, 3.63) is 71.8 Å². The molecule has 2 rings (SSSR count). The molecule has 0 aliphatic heterocycles. The number of benzene rings is 2. The maximum Gasteiger partial charge on any atom is 0.0325 e. The van der Waals surface area contributed by atoms with Crippen LogP contribution in [0.15, 0.2) is 60.7 Å². The smallest absolute Gasteiger partial charge is 0.0325 e. The van der Waals surface area contributed by atoms with Gasteiger partial charge in [0, 0.05) is 12.1 Å². The zero-order valence-corrected chi connectivity index (χ0v) is 12.5. The van der Waals surface area contributed by atoms with Gasteiger partial charge < -0.3 is 5.32 Å². The van der Waals surface area contributed by atoms with Crippen LogP contribution in [0.4, 0.5) is 0 Å². The van der Waals surface area contributed by atoms with E-state index in [9.17, 15) is 0 Å². The predicted molar refractivity (Wildman–Crippen MR) is 86.7 cm³/mol. The third-order valence-corrected chi connectivity index (χ3v) is 3.80. The highest BCUT2D eigenvalue weighted by Crippen LogP contribution is 2.23. The van der Waals surface area contributed by atoms with Crippen LogP contribution in [0.1, 0.15) is 56.3 Å². The Morgan fingerprint density at radius 2 is 1.40 bits per heavy atom. The predicted octanol–water partition coefficient (Wildman–Crippen LogP) is 5.27. The van der Waals surface area contributed by atoms with Crippen LogP contribution >= 0.6 is 0 Å². The first-order valence-electron chi connectivity index (χ1n) is 7.67. The van der Waals surface area contributed by atoms with Crippen LogP contribution in [0.5, 0.6) is 0 Å². The fourth-order valence-electron chi connectivity index (χ4n) is 2.58. The van der Waals surface area contributed by atoms with Gasteiger partial charge in [-0.2, -0.15) is 0 Å². The average Bonchev–Trinajstić information content (AvgIpc) is 2.53. The molecule has 0 aliphatic rings. The van der Waals surface area contributed by atoms with Gasteiger partial charge in [-0.05, 0) is 24.5 Å². The van der Waals surface area contributed by atoms with Gasteiger partial charge in [0.25, 0.3) is 0 Å². The lowest BCUT2D eigenvalue weighted by molar-refractivity contribution is 0.431. The summed E-state index contributed by atoms with van der Waals surface area (Å²) in [6.45, 7) is 4.50. The number of hydrogen-bond donors (Lipinski definition) is 1. The number of unbranched alkanes of at least 4 members (excludes halogenated alkanes) is 1. The van der Waals surface area contributed by atoms with Gasteiger partial charge in [-0.1, -0.05) is 80.4 Å². The average molecular weight is 267 g/mol. The second kappa shape index (κ2) is 7.86. The van der Waals surface area contributed by atoms with Gasteiger partial charge in [-0.25, -0.2) is 0 Å². The van der Waals surface area contributed by atoms with Crippen molar-refractivity contribution in [3.63, 3.8) is 0 Å². The molecule has 0 spiro atoms. The molecule has 0 heterocycles. The molecule has 106 valence electrons. The molecule has 1 heteroatoms. The summed E-state index contributed by atoms with van der Waals surface area (Å²) >= 11 is 0. The van der Waals surface area contributed by atoms with Gasteiger partial charge in [-0.15, -0.1) is 0 Å². The van der Waals surface area contributed by atoms with E-state index in [0.717, 1.165) is 0 Å². The second-order valence-electron chi connectivity index (χ2n) is 5.40. The lowest BCUT2D eigenvalue weighted by Crippen LogP contribution is -2.24. The van der Waals surface area contributed by atoms with Crippen LogP contribution in [0.25, 0.3) is 0 Å². The van der Waals surface area contributed by atoms with Crippen molar-refractivity contribution in [2.75, 3.05) is 0 Å². The molecule has 1 N–H and O–H groups in total. The largest absolute Gasteiger partial charge is 0.303 e. The number of rotatable bonds is 7. The van der Waals surface area contributed by atoms with Gasteiger partial charge in [0.15, 0.2) is 0 Å². The third kappa shape index (κ3) is 4.21. The Morgan fingerprint density at radius 1 is 0.850 bits per heavy atom. The van der Waals surface area contributed by atoms with E-state index in [1.807, 2.05) is 0 Å². The Labute approximate surface area is 123 Å². The highest BCUT2D eigenvalue weighted by molar-refractivity contribution is 5.22. The van der Waals surface area contributed by atoms with E-state index in [1.54, 1.807) is 0 Å². The fraction of sp³-hybridized carbons (Fsp3) is 0.368. The summed E-state index contributed by atoms with van der Waals surface area (Å²) in [6, 6.07) is 22.3. The maximum atomic E-state index is 3.78. The Morgan fingerprint density at radius 3 is 1.95 bits per heavy atom. The zero-order chi connectivity index (χ0) is 14.2. The molecule has 2 aromatic carbocycles. The molecule has 0 amide bonds. The molecule has 0 aliphatic carbocycles. The van der Waals surface area contributed by atoms with Crippen LogP contribution in [0.3, 0.4) is 0 Å². The Kier molecular flexibility index (Phi) is 5.82. The molecule has 0 aromatic heterocycles. The van der Waals surface area contributed by atoms with Crippen molar-refractivity contribution < 1.29 is 0 Å². The topological polar surface area (TPSA) is 12.0 Å². The molecule has 0 bridgehead atoms. The van der Waals surface area contributed by atoms with Crippen LogP contribution in [-0.4, -0.2) is 0 Å². The fourth-order valence-corrected chi connectivity index (χ4v) is 2.58. The summed E-state index contributed by atoms with van der Waals surface area (Å²) in [6.07, 6.45) is 3.69. The highest BCUT2D eigenvalue weighted by atomic mass is 14.9. The highest BCUT2D eigenvalue weighted by Gasteiger charge is 2.14. The summed E-state index contributed by atoms with van der Waals surface area (Å²) in [5.74, 6) is 0. The Bertz CT molecular complexity index is 478. The standard InChI is InChI=1S/C19H25N/c1-3-4-15-19(18-13-9-6-10-14-18)20-16(2)17-11-7-5-8-12-17/h5-14,16,19-20H,3-4,15H2,1-2H3. The van der Waals surface area contributed by atoms with E-state index in [2.05, 4.69) is 79.8 Å². The van der Waals surface area contributed by atoms with Crippen LogP contribution in [0.2, 0.25) is 0 Å². The van der Waals surface area contributed by atoms with Crippen molar-refractivity contribution >= 4 is 0 Å². The second-order valence-corrected chi connectivity index (χ2v) is 5.40. The van der Waals surface area contributed by atoms with E-state index >= 15 is 0 Å². The number of hydrogen-bond acceptors (Lipinski definition) is 1. The summed E-state index contributed by atoms with van der Waals surface area (Å²) in [7, 11) is 0. The van der Waals surface area contributed by atoms with Gasteiger partial charge in [-0.3, -0.25) is 0 Å². The van der Waals surface area contributed by atoms with Gasteiger partial charge in [0.05, 0.1) is 0 Å². The minimum absolute atomic E-state index is 0.373. The molecular formula is C19H25N. The summed E-state index contributed by atoms with van der Waals surface area (Å²) < 4.78 is 0. The van der Waals surface area contributed by atoms with Crippen LogP contribution in [0, 0.1) is 0 Å². The lowest BCUT2D eigenvalue weighted by atomic mass is 9.99. The van der Waals surface area contributed by atoms with E-state index < -0.39 is 0 Å². The molecular weight excluding hydrogens is 242 g/mol. The molecule has 1 nitrogen and oxygen atoms in total. The summed E-state index contributed by atoms with van der Waals surface area (Å²) in [5, 5.41) is 3.78. The first-order chi connectivity index (χ1) is 9.81. The van der Waals surface area contributed by atoms with Crippen molar-refractivity contribution in [2.24, 2.45) is 0 Å². The molecule has 2 aromatic rings. The number of nitrogens with one attached hydrogen (secondary N) is 1. The van der Waals surface area contributed by atoms with Crippen molar-refractivity contribution in [1.29, 1.82) is 0 Å². The minimum atomic E-state index is 0.373. The molecule has 2 atom stereocenters. The van der Waals surface area contributed by atoms with Gasteiger partial charge in [0.1, 0.15) is 0 Å². The van der Waals surface area contributed by atoms with E-state index in [1.165, 1.54) is 30.4 Å². The molecule has 0 fully saturated rings. The van der Waals surface area contributed by atoms with E-state index in [-0.39, 0.29) is 0 Å². The van der Waals surface area contributed by atoms with Crippen molar-refractivity contribution in [3.8, 4) is 0 Å². The lowest BCUT2D eigenvalue weighted by Gasteiger charge is -2.24. The normalized spacial score (nSPS) is 13.9. The maximum absolute atomic E-state index is 3.78.